The van der Waals surface area contributed by atoms with Crippen LogP contribution in [0.1, 0.15) is 57.6 Å². The number of carbonyl (C=O) groups is 2. The average molecular weight is 589 g/mol. The predicted molar refractivity (Wildman–Crippen MR) is 164 cm³/mol. The molecule has 2 amide bonds. The number of hydrogen-bond donors (Lipinski definition) is 3. The molecule has 0 saturated heterocycles. The second-order valence-electron chi connectivity index (χ2n) is 11.0. The van der Waals surface area contributed by atoms with Crippen molar-refractivity contribution in [3.63, 3.8) is 0 Å². The molecule has 0 spiro atoms. The quantitative estimate of drug-likeness (QED) is 0.200. The molecule has 2 aromatic rings. The fraction of sp³-hybridized carbons (Fsp3) is 0.548. The second-order valence-corrected chi connectivity index (χ2v) is 13.2. The molecule has 3 N–H and O–H groups in total. The Hall–Kier alpha value is -2.55. The number of amides is 2. The molecule has 0 heterocycles. The molecule has 9 nitrogen and oxygen atoms in total. The van der Waals surface area contributed by atoms with Crippen LogP contribution in [-0.2, 0) is 36.4 Å². The first-order valence-electron chi connectivity index (χ1n) is 14.5. The first-order valence-corrected chi connectivity index (χ1v) is 16.1. The summed E-state index contributed by atoms with van der Waals surface area (Å²) in [6.45, 7) is 6.95. The van der Waals surface area contributed by atoms with E-state index in [-0.39, 0.29) is 30.9 Å². The zero-order valence-corrected chi connectivity index (χ0v) is 26.4. The van der Waals surface area contributed by atoms with Gasteiger partial charge in [0.25, 0.3) is 0 Å². The lowest BCUT2D eigenvalue weighted by Crippen LogP contribution is -2.54. The number of rotatable bonds is 19. The van der Waals surface area contributed by atoms with Gasteiger partial charge in [-0.3, -0.25) is 19.5 Å². The van der Waals surface area contributed by atoms with E-state index in [0.717, 1.165) is 24.1 Å². The topological polar surface area (TPSA) is 109 Å². The molecule has 0 aliphatic heterocycles. The first kappa shape index (κ1) is 34.7. The summed E-state index contributed by atoms with van der Waals surface area (Å²) in [5, 5.41) is 8.92. The minimum absolute atomic E-state index is 0.108. The van der Waals surface area contributed by atoms with Crippen LogP contribution in [0.3, 0.4) is 0 Å². The number of nitrogens with zero attached hydrogens (tertiary/aromatic N) is 1. The highest BCUT2D eigenvalue weighted by atomic mass is 31.2. The fourth-order valence-electron chi connectivity index (χ4n) is 4.41. The van der Waals surface area contributed by atoms with E-state index in [9.17, 15) is 14.2 Å². The number of benzene rings is 2. The molecule has 0 aliphatic rings. The molecule has 41 heavy (non-hydrogen) atoms. The van der Waals surface area contributed by atoms with Crippen molar-refractivity contribution in [2.24, 2.45) is 5.92 Å². The summed E-state index contributed by atoms with van der Waals surface area (Å²) < 4.78 is 26.5. The summed E-state index contributed by atoms with van der Waals surface area (Å²) >= 11 is 0. The molecule has 0 unspecified atom stereocenters. The van der Waals surface area contributed by atoms with Crippen LogP contribution in [-0.4, -0.2) is 62.3 Å². The Kier molecular flexibility index (Phi) is 15.3. The smallest absolute Gasteiger partial charge is 0.348 e. The van der Waals surface area contributed by atoms with Crippen molar-refractivity contribution in [1.29, 1.82) is 0 Å². The fourth-order valence-corrected chi connectivity index (χ4v) is 6.31. The number of likely N-dealkylation sites (N-methyl/N-ethyl adjacent to an activating group) is 1. The zero-order chi connectivity index (χ0) is 30.3. The lowest BCUT2D eigenvalue weighted by atomic mass is 10.0. The SMILES string of the molecule is CC[C@H](N[C@@H](CC(C)C)C(=O)N[C@@H](CCCN(C)C)C(=O)NC)P(=O)(OCc1ccccc1)OCc1ccccc1. The Morgan fingerprint density at radius 3 is 1.85 bits per heavy atom. The maximum absolute atomic E-state index is 14.4. The molecule has 228 valence electrons. The third kappa shape index (κ3) is 12.5. The first-order chi connectivity index (χ1) is 19.6. The van der Waals surface area contributed by atoms with Gasteiger partial charge in [-0.15, -0.1) is 0 Å². The normalized spacial score (nSPS) is 14.0. The Bertz CT molecular complexity index is 1040. The Labute approximate surface area is 246 Å². The van der Waals surface area contributed by atoms with E-state index < -0.39 is 25.5 Å². The molecule has 2 rings (SSSR count). The van der Waals surface area contributed by atoms with Crippen molar-refractivity contribution < 1.29 is 23.2 Å². The van der Waals surface area contributed by atoms with Crippen LogP contribution in [0, 0.1) is 5.92 Å². The molecule has 10 heteroatoms. The molecular formula is C31H49N4O5P. The van der Waals surface area contributed by atoms with Gasteiger partial charge in [0.05, 0.1) is 19.3 Å². The molecular weight excluding hydrogens is 539 g/mol. The standard InChI is InChI=1S/C31H49N4O5P/c1-7-29(33-28(21-24(2)3)31(37)34-27(30(36)32-4)19-14-20-35(5)6)41(38,39-22-25-15-10-8-11-16-25)40-23-26-17-12-9-13-18-26/h8-13,15-18,24,27-29,33H,7,14,19-23H2,1-6H3,(H,32,36)(H,34,37)/t27-,28-,29+/m0/s1. The molecule has 0 aliphatic carbocycles. The average Bonchev–Trinajstić information content (AvgIpc) is 2.96. The second kappa shape index (κ2) is 18.1. The van der Waals surface area contributed by atoms with Crippen molar-refractivity contribution in [2.75, 3.05) is 27.7 Å². The number of carbonyl (C=O) groups excluding carboxylic acids is 2. The van der Waals surface area contributed by atoms with Crippen molar-refractivity contribution in [2.45, 2.75) is 77.5 Å². The molecule has 3 atom stereocenters. The van der Waals surface area contributed by atoms with Gasteiger partial charge in [-0.05, 0) is 63.4 Å². The van der Waals surface area contributed by atoms with Gasteiger partial charge in [-0.25, -0.2) is 0 Å². The third-order valence-corrected chi connectivity index (χ3v) is 8.93. The van der Waals surface area contributed by atoms with E-state index in [1.807, 2.05) is 100 Å². The summed E-state index contributed by atoms with van der Waals surface area (Å²) in [6, 6.07) is 17.7. The van der Waals surface area contributed by atoms with Crippen LogP contribution in [0.2, 0.25) is 0 Å². The van der Waals surface area contributed by atoms with Crippen LogP contribution < -0.4 is 16.0 Å². The van der Waals surface area contributed by atoms with Crippen LogP contribution in [0.4, 0.5) is 0 Å². The van der Waals surface area contributed by atoms with Crippen molar-refractivity contribution >= 4 is 19.4 Å². The van der Waals surface area contributed by atoms with Crippen molar-refractivity contribution in [1.82, 2.24) is 20.9 Å². The molecule has 2 aromatic carbocycles. The minimum atomic E-state index is -3.76. The highest BCUT2D eigenvalue weighted by Crippen LogP contribution is 2.54. The summed E-state index contributed by atoms with van der Waals surface area (Å²) in [7, 11) is 1.75. The van der Waals surface area contributed by atoms with Crippen LogP contribution >= 0.6 is 7.60 Å². The maximum Gasteiger partial charge on any atom is 0.348 e. The van der Waals surface area contributed by atoms with Gasteiger partial charge in [-0.1, -0.05) is 81.4 Å². The molecule has 0 saturated carbocycles. The Morgan fingerprint density at radius 1 is 0.878 bits per heavy atom. The Morgan fingerprint density at radius 2 is 1.41 bits per heavy atom. The highest BCUT2D eigenvalue weighted by molar-refractivity contribution is 7.54. The molecule has 0 aromatic heterocycles. The lowest BCUT2D eigenvalue weighted by molar-refractivity contribution is -0.130. The molecule has 0 radical (unpaired) electrons. The van der Waals surface area contributed by atoms with E-state index in [1.54, 1.807) is 7.05 Å². The minimum Gasteiger partial charge on any atom is -0.357 e. The molecule has 0 bridgehead atoms. The summed E-state index contributed by atoms with van der Waals surface area (Å²) in [5.74, 6) is -1.13. The van der Waals surface area contributed by atoms with Gasteiger partial charge in [-0.2, -0.15) is 0 Å². The van der Waals surface area contributed by atoms with Crippen LogP contribution in [0.5, 0.6) is 0 Å². The largest absolute Gasteiger partial charge is 0.357 e. The van der Waals surface area contributed by atoms with Crippen LogP contribution in [0.25, 0.3) is 0 Å². The van der Waals surface area contributed by atoms with Gasteiger partial charge >= 0.3 is 7.60 Å². The van der Waals surface area contributed by atoms with Gasteiger partial charge < -0.3 is 24.6 Å². The van der Waals surface area contributed by atoms with Crippen molar-refractivity contribution in [3.8, 4) is 0 Å². The summed E-state index contributed by atoms with van der Waals surface area (Å²) in [5.41, 5.74) is 1.74. The Balaban J connectivity index is 2.27. The third-order valence-electron chi connectivity index (χ3n) is 6.67. The van der Waals surface area contributed by atoms with Gasteiger partial charge in [0.15, 0.2) is 0 Å². The van der Waals surface area contributed by atoms with Gasteiger partial charge in [0, 0.05) is 7.05 Å². The monoisotopic (exact) mass is 588 g/mol. The van der Waals surface area contributed by atoms with Crippen LogP contribution in [0.15, 0.2) is 60.7 Å². The highest BCUT2D eigenvalue weighted by Gasteiger charge is 2.38. The van der Waals surface area contributed by atoms with Gasteiger partial charge in [0.2, 0.25) is 11.8 Å². The zero-order valence-electron chi connectivity index (χ0n) is 25.5. The van der Waals surface area contributed by atoms with Gasteiger partial charge in [0.1, 0.15) is 11.8 Å². The van der Waals surface area contributed by atoms with E-state index in [4.69, 9.17) is 9.05 Å². The van der Waals surface area contributed by atoms with E-state index >= 15 is 0 Å². The lowest BCUT2D eigenvalue weighted by Gasteiger charge is -2.31. The summed E-state index contributed by atoms with van der Waals surface area (Å²) in [6.07, 6.45) is 2.15. The predicted octanol–water partition coefficient (Wildman–Crippen LogP) is 4.93. The maximum atomic E-state index is 14.4. The summed E-state index contributed by atoms with van der Waals surface area (Å²) in [4.78, 5) is 28.3. The molecule has 0 fully saturated rings. The number of hydrogen-bond acceptors (Lipinski definition) is 7. The van der Waals surface area contributed by atoms with E-state index in [0.29, 0.717) is 19.3 Å². The number of nitrogens with one attached hydrogen (secondary N) is 3. The van der Waals surface area contributed by atoms with E-state index in [1.165, 1.54) is 0 Å². The van der Waals surface area contributed by atoms with E-state index in [2.05, 4.69) is 16.0 Å². The van der Waals surface area contributed by atoms with Crippen molar-refractivity contribution in [3.05, 3.63) is 71.8 Å².